The molecule has 1 fully saturated rings. The van der Waals surface area contributed by atoms with Crippen molar-refractivity contribution >= 4 is 0 Å². The Morgan fingerprint density at radius 3 is 2.36 bits per heavy atom. The Labute approximate surface area is 89.8 Å². The topological polar surface area (TPSA) is 0 Å². The molecule has 0 saturated heterocycles. The molecule has 1 saturated carbocycles. The first kappa shape index (κ1) is 11.8. The van der Waals surface area contributed by atoms with E-state index in [-0.39, 0.29) is 0 Å². The van der Waals surface area contributed by atoms with Gasteiger partial charge in [-0.1, -0.05) is 38.7 Å². The van der Waals surface area contributed by atoms with Crippen molar-refractivity contribution in [2.45, 2.75) is 71.1 Å². The van der Waals surface area contributed by atoms with Gasteiger partial charge in [0.25, 0.3) is 0 Å². The van der Waals surface area contributed by atoms with Crippen LogP contribution in [0.3, 0.4) is 0 Å². The van der Waals surface area contributed by atoms with Crippen molar-refractivity contribution in [2.75, 3.05) is 0 Å². The predicted molar refractivity (Wildman–Crippen MR) is 64.5 cm³/mol. The number of allylic oxidation sites excluding steroid dienone is 1. The van der Waals surface area contributed by atoms with Gasteiger partial charge in [-0.05, 0) is 43.9 Å². The molecular formula is C14H26. The van der Waals surface area contributed by atoms with Crippen molar-refractivity contribution in [3.05, 3.63) is 12.7 Å². The molecule has 0 aromatic carbocycles. The number of hydrogen-bond acceptors (Lipinski definition) is 0. The quantitative estimate of drug-likeness (QED) is 0.354. The minimum Gasteiger partial charge on any atom is -0.103 e. The van der Waals surface area contributed by atoms with Crippen molar-refractivity contribution in [3.63, 3.8) is 0 Å². The van der Waals surface area contributed by atoms with Crippen LogP contribution in [0.5, 0.6) is 0 Å². The first-order valence-electron chi connectivity index (χ1n) is 6.44. The summed E-state index contributed by atoms with van der Waals surface area (Å²) in [6.45, 7) is 6.08. The van der Waals surface area contributed by atoms with E-state index in [0.717, 1.165) is 5.41 Å². The van der Waals surface area contributed by atoms with Crippen molar-refractivity contribution in [1.82, 2.24) is 0 Å². The van der Waals surface area contributed by atoms with Gasteiger partial charge in [0.1, 0.15) is 0 Å². The molecule has 0 atom stereocenters. The standard InChI is InChI=1S/C14H26/c1-3-5-6-7-8-9-11-14(10-4-2)12-13-14/h3H,1,4-13H2,2H3. The van der Waals surface area contributed by atoms with Crippen LogP contribution in [0, 0.1) is 5.41 Å². The number of hydrogen-bond donors (Lipinski definition) is 0. The van der Waals surface area contributed by atoms with Gasteiger partial charge in [0.05, 0.1) is 0 Å². The summed E-state index contributed by atoms with van der Waals surface area (Å²) in [5.74, 6) is 0. The van der Waals surface area contributed by atoms with Crippen LogP contribution in [0.25, 0.3) is 0 Å². The van der Waals surface area contributed by atoms with Gasteiger partial charge in [-0.2, -0.15) is 0 Å². The van der Waals surface area contributed by atoms with Crippen molar-refractivity contribution in [1.29, 1.82) is 0 Å². The SMILES string of the molecule is C=CCCCCCCC1(CCC)CC1. The van der Waals surface area contributed by atoms with E-state index in [1.54, 1.807) is 0 Å². The Hall–Kier alpha value is -0.260. The van der Waals surface area contributed by atoms with E-state index in [9.17, 15) is 0 Å². The zero-order valence-corrected chi connectivity index (χ0v) is 9.86. The van der Waals surface area contributed by atoms with Gasteiger partial charge in [-0.3, -0.25) is 0 Å². The molecule has 0 aromatic heterocycles. The van der Waals surface area contributed by atoms with Gasteiger partial charge in [0, 0.05) is 0 Å². The van der Waals surface area contributed by atoms with Gasteiger partial charge >= 0.3 is 0 Å². The average Bonchev–Trinajstić information content (AvgIpc) is 2.93. The van der Waals surface area contributed by atoms with E-state index < -0.39 is 0 Å². The van der Waals surface area contributed by atoms with Crippen LogP contribution in [0.2, 0.25) is 0 Å². The Morgan fingerprint density at radius 2 is 1.79 bits per heavy atom. The zero-order chi connectivity index (χ0) is 10.3. The molecule has 0 radical (unpaired) electrons. The predicted octanol–water partition coefficient (Wildman–Crippen LogP) is 5.09. The molecule has 0 aliphatic heterocycles. The summed E-state index contributed by atoms with van der Waals surface area (Å²) in [5, 5.41) is 0. The monoisotopic (exact) mass is 194 g/mol. The molecule has 1 aliphatic carbocycles. The summed E-state index contributed by atoms with van der Waals surface area (Å²) in [6, 6.07) is 0. The maximum absolute atomic E-state index is 3.75. The first-order chi connectivity index (χ1) is 6.83. The molecule has 0 heterocycles. The second-order valence-electron chi connectivity index (χ2n) is 4.99. The van der Waals surface area contributed by atoms with Crippen molar-refractivity contribution in [2.24, 2.45) is 5.41 Å². The lowest BCUT2D eigenvalue weighted by Crippen LogP contribution is -1.99. The molecule has 0 N–H and O–H groups in total. The maximum Gasteiger partial charge on any atom is -0.0297 e. The third kappa shape index (κ3) is 4.30. The van der Waals surface area contributed by atoms with E-state index in [2.05, 4.69) is 13.5 Å². The molecule has 0 aromatic rings. The van der Waals surface area contributed by atoms with E-state index in [4.69, 9.17) is 0 Å². The molecule has 82 valence electrons. The largest absolute Gasteiger partial charge is 0.103 e. The molecule has 14 heavy (non-hydrogen) atoms. The van der Waals surface area contributed by atoms with E-state index in [0.29, 0.717) is 0 Å². The van der Waals surface area contributed by atoms with Crippen LogP contribution in [0.1, 0.15) is 71.1 Å². The summed E-state index contributed by atoms with van der Waals surface area (Å²) in [7, 11) is 0. The Bertz CT molecular complexity index is 153. The van der Waals surface area contributed by atoms with E-state index in [1.807, 2.05) is 6.08 Å². The average molecular weight is 194 g/mol. The van der Waals surface area contributed by atoms with Crippen LogP contribution in [-0.4, -0.2) is 0 Å². The Balaban J connectivity index is 1.91. The molecule has 0 nitrogen and oxygen atoms in total. The van der Waals surface area contributed by atoms with Crippen LogP contribution < -0.4 is 0 Å². The summed E-state index contributed by atoms with van der Waals surface area (Å²) in [4.78, 5) is 0. The normalized spacial score (nSPS) is 18.1. The summed E-state index contributed by atoms with van der Waals surface area (Å²) in [6.07, 6.45) is 16.3. The van der Waals surface area contributed by atoms with Crippen molar-refractivity contribution in [3.8, 4) is 0 Å². The summed E-state index contributed by atoms with van der Waals surface area (Å²) < 4.78 is 0. The second kappa shape index (κ2) is 6.27. The molecule has 0 spiro atoms. The highest BCUT2D eigenvalue weighted by molar-refractivity contribution is 4.92. The van der Waals surface area contributed by atoms with Crippen LogP contribution in [0.4, 0.5) is 0 Å². The third-order valence-corrected chi connectivity index (χ3v) is 3.60. The lowest BCUT2D eigenvalue weighted by atomic mass is 9.93. The summed E-state index contributed by atoms with van der Waals surface area (Å²) in [5.41, 5.74) is 0.827. The number of rotatable bonds is 9. The van der Waals surface area contributed by atoms with Gasteiger partial charge in [-0.25, -0.2) is 0 Å². The zero-order valence-electron chi connectivity index (χ0n) is 9.86. The summed E-state index contributed by atoms with van der Waals surface area (Å²) >= 11 is 0. The Kier molecular flexibility index (Phi) is 5.29. The fraction of sp³-hybridized carbons (Fsp3) is 0.857. The third-order valence-electron chi connectivity index (χ3n) is 3.60. The van der Waals surface area contributed by atoms with Crippen LogP contribution >= 0.6 is 0 Å². The lowest BCUT2D eigenvalue weighted by Gasteiger charge is -2.12. The van der Waals surface area contributed by atoms with Gasteiger partial charge in [-0.15, -0.1) is 6.58 Å². The highest BCUT2D eigenvalue weighted by atomic mass is 14.4. The molecular weight excluding hydrogens is 168 g/mol. The Morgan fingerprint density at radius 1 is 1.07 bits per heavy atom. The van der Waals surface area contributed by atoms with Gasteiger partial charge in [0.2, 0.25) is 0 Å². The molecule has 0 bridgehead atoms. The van der Waals surface area contributed by atoms with Crippen molar-refractivity contribution < 1.29 is 0 Å². The second-order valence-corrected chi connectivity index (χ2v) is 4.99. The van der Waals surface area contributed by atoms with Crippen LogP contribution in [-0.2, 0) is 0 Å². The maximum atomic E-state index is 3.75. The smallest absolute Gasteiger partial charge is 0.0297 e. The van der Waals surface area contributed by atoms with E-state index in [1.165, 1.54) is 64.2 Å². The van der Waals surface area contributed by atoms with Gasteiger partial charge < -0.3 is 0 Å². The van der Waals surface area contributed by atoms with Gasteiger partial charge in [0.15, 0.2) is 0 Å². The fourth-order valence-electron chi connectivity index (χ4n) is 2.47. The minimum absolute atomic E-state index is 0.827. The lowest BCUT2D eigenvalue weighted by molar-refractivity contribution is 0.400. The molecule has 0 heteroatoms. The highest BCUT2D eigenvalue weighted by Crippen LogP contribution is 2.53. The highest BCUT2D eigenvalue weighted by Gasteiger charge is 2.40. The first-order valence-corrected chi connectivity index (χ1v) is 6.44. The van der Waals surface area contributed by atoms with Crippen LogP contribution in [0.15, 0.2) is 12.7 Å². The molecule has 1 aliphatic rings. The fourth-order valence-corrected chi connectivity index (χ4v) is 2.47. The van der Waals surface area contributed by atoms with E-state index >= 15 is 0 Å². The molecule has 0 amide bonds. The number of unbranched alkanes of at least 4 members (excludes halogenated alkanes) is 4. The minimum atomic E-state index is 0.827. The molecule has 0 unspecified atom stereocenters. The molecule has 1 rings (SSSR count).